The summed E-state index contributed by atoms with van der Waals surface area (Å²) < 4.78 is 6.64. The Kier molecular flexibility index (Phi) is 5.62. The molecule has 0 atom stereocenters. The first kappa shape index (κ1) is 15.8. The van der Waals surface area contributed by atoms with Gasteiger partial charge in [-0.05, 0) is 46.5 Å². The molecule has 0 bridgehead atoms. The third-order valence-corrected chi connectivity index (χ3v) is 3.76. The molecule has 4 heteroatoms. The summed E-state index contributed by atoms with van der Waals surface area (Å²) in [4.78, 5) is 6.37. The molecule has 0 saturated carbocycles. The zero-order chi connectivity index (χ0) is 15.2. The molecule has 0 N–H and O–H groups in total. The van der Waals surface area contributed by atoms with Crippen molar-refractivity contribution in [2.45, 2.75) is 26.2 Å². The van der Waals surface area contributed by atoms with Gasteiger partial charge in [-0.25, -0.2) is 0 Å². The minimum Gasteiger partial charge on any atom is -0.438 e. The summed E-state index contributed by atoms with van der Waals surface area (Å²) >= 11 is 3.48. The van der Waals surface area contributed by atoms with Crippen LogP contribution in [0.1, 0.15) is 31.1 Å². The van der Waals surface area contributed by atoms with Crippen LogP contribution < -0.4 is 4.90 Å². The summed E-state index contributed by atoms with van der Waals surface area (Å²) in [6.07, 6.45) is 5.34. The van der Waals surface area contributed by atoms with Crippen LogP contribution in [0.3, 0.4) is 0 Å². The van der Waals surface area contributed by atoms with Crippen molar-refractivity contribution in [2.24, 2.45) is 4.99 Å². The highest BCUT2D eigenvalue weighted by Gasteiger charge is 2.08. The van der Waals surface area contributed by atoms with Gasteiger partial charge in [-0.2, -0.15) is 0 Å². The van der Waals surface area contributed by atoms with Gasteiger partial charge in [0, 0.05) is 20.2 Å². The molecule has 0 aliphatic carbocycles. The molecule has 1 heterocycles. The number of rotatable bonds is 6. The van der Waals surface area contributed by atoms with E-state index in [9.17, 15) is 0 Å². The van der Waals surface area contributed by atoms with Gasteiger partial charge in [0.25, 0.3) is 0 Å². The van der Waals surface area contributed by atoms with Gasteiger partial charge in [-0.3, -0.25) is 4.99 Å². The molecule has 1 aromatic heterocycles. The lowest BCUT2D eigenvalue weighted by Crippen LogP contribution is -2.07. The number of unbranched alkanes of at least 4 members (excludes halogenated alkanes) is 1. The highest BCUT2D eigenvalue weighted by molar-refractivity contribution is 9.10. The van der Waals surface area contributed by atoms with Crippen LogP contribution in [-0.4, -0.2) is 20.3 Å². The normalized spacial score (nSPS) is 11.2. The fourth-order valence-electron chi connectivity index (χ4n) is 2.01. The third kappa shape index (κ3) is 4.46. The molecule has 3 nitrogen and oxygen atoms in total. The van der Waals surface area contributed by atoms with Crippen LogP contribution in [0.25, 0.3) is 0 Å². The average molecular weight is 349 g/mol. The monoisotopic (exact) mass is 348 g/mol. The number of halogens is 1. The van der Waals surface area contributed by atoms with E-state index < -0.39 is 0 Å². The van der Waals surface area contributed by atoms with Crippen LogP contribution in [0.15, 0.2) is 44.2 Å². The maximum atomic E-state index is 5.70. The molecule has 1 aromatic carbocycles. The number of aliphatic imine (C=N–C) groups is 1. The number of furan rings is 1. The molecule has 0 unspecified atom stereocenters. The summed E-state index contributed by atoms with van der Waals surface area (Å²) in [6.45, 7) is 2.21. The fraction of sp³-hybridized carbons (Fsp3) is 0.353. The van der Waals surface area contributed by atoms with Crippen molar-refractivity contribution in [1.29, 1.82) is 0 Å². The highest BCUT2D eigenvalue weighted by Crippen LogP contribution is 2.28. The lowest BCUT2D eigenvalue weighted by Gasteiger charge is -2.07. The van der Waals surface area contributed by atoms with E-state index in [1.54, 1.807) is 6.21 Å². The topological polar surface area (TPSA) is 28.7 Å². The van der Waals surface area contributed by atoms with Gasteiger partial charge in [-0.1, -0.05) is 25.5 Å². The first-order valence-electron chi connectivity index (χ1n) is 7.20. The summed E-state index contributed by atoms with van der Waals surface area (Å²) in [5.74, 6) is 1.53. The molecule has 0 fully saturated rings. The van der Waals surface area contributed by atoms with E-state index in [-0.39, 0.29) is 0 Å². The Morgan fingerprint density at radius 1 is 1.24 bits per heavy atom. The Bertz CT molecular complexity index is 600. The SMILES string of the molecule is CCCCc1ccc(N=Cc2cc(Br)c(N(C)C)o2)cc1. The van der Waals surface area contributed by atoms with Crippen molar-refractivity contribution in [2.75, 3.05) is 19.0 Å². The molecular formula is C17H21BrN2O. The van der Waals surface area contributed by atoms with Gasteiger partial charge >= 0.3 is 0 Å². The number of aryl methyl sites for hydroxylation is 1. The summed E-state index contributed by atoms with van der Waals surface area (Å²) in [5, 5.41) is 0. The van der Waals surface area contributed by atoms with Crippen LogP contribution >= 0.6 is 15.9 Å². The van der Waals surface area contributed by atoms with Gasteiger partial charge in [0.1, 0.15) is 5.76 Å². The van der Waals surface area contributed by atoms with Crippen molar-refractivity contribution in [1.82, 2.24) is 0 Å². The highest BCUT2D eigenvalue weighted by atomic mass is 79.9. The molecule has 21 heavy (non-hydrogen) atoms. The van der Waals surface area contributed by atoms with Crippen molar-refractivity contribution in [3.8, 4) is 0 Å². The summed E-state index contributed by atoms with van der Waals surface area (Å²) in [7, 11) is 3.89. The van der Waals surface area contributed by atoms with E-state index in [4.69, 9.17) is 4.42 Å². The second-order valence-electron chi connectivity index (χ2n) is 5.22. The van der Waals surface area contributed by atoms with Crippen LogP contribution in [0.2, 0.25) is 0 Å². The zero-order valence-electron chi connectivity index (χ0n) is 12.8. The molecule has 0 amide bonds. The Hall–Kier alpha value is -1.55. The van der Waals surface area contributed by atoms with Crippen molar-refractivity contribution in [3.05, 3.63) is 46.1 Å². The molecule has 2 rings (SSSR count). The predicted molar refractivity (Wildman–Crippen MR) is 93.0 cm³/mol. The van der Waals surface area contributed by atoms with Crippen molar-refractivity contribution >= 4 is 33.7 Å². The van der Waals surface area contributed by atoms with E-state index in [1.165, 1.54) is 18.4 Å². The minimum atomic E-state index is 0.737. The zero-order valence-corrected chi connectivity index (χ0v) is 14.4. The second-order valence-corrected chi connectivity index (χ2v) is 6.08. The Balaban J connectivity index is 2.05. The van der Waals surface area contributed by atoms with Gasteiger partial charge in [0.15, 0.2) is 0 Å². The van der Waals surface area contributed by atoms with Crippen molar-refractivity contribution < 1.29 is 4.42 Å². The summed E-state index contributed by atoms with van der Waals surface area (Å²) in [6, 6.07) is 10.3. The van der Waals surface area contributed by atoms with Gasteiger partial charge in [0.05, 0.1) is 16.4 Å². The quantitative estimate of drug-likeness (QED) is 0.671. The van der Waals surface area contributed by atoms with Crippen LogP contribution in [0.4, 0.5) is 11.6 Å². The predicted octanol–water partition coefficient (Wildman–Crippen LogP) is 5.20. The fourth-order valence-corrected chi connectivity index (χ4v) is 2.67. The molecule has 112 valence electrons. The molecular weight excluding hydrogens is 328 g/mol. The average Bonchev–Trinajstić information content (AvgIpc) is 2.85. The van der Waals surface area contributed by atoms with Crippen LogP contribution in [-0.2, 0) is 6.42 Å². The molecule has 0 saturated heterocycles. The maximum absolute atomic E-state index is 5.70. The largest absolute Gasteiger partial charge is 0.438 e. The Labute approximate surface area is 134 Å². The van der Waals surface area contributed by atoms with Gasteiger partial charge in [-0.15, -0.1) is 0 Å². The Morgan fingerprint density at radius 2 is 1.95 bits per heavy atom. The standard InChI is InChI=1S/C17H21BrN2O/c1-4-5-6-13-7-9-14(10-8-13)19-12-15-11-16(18)17(21-15)20(2)3/h7-12H,4-6H2,1-3H3. The van der Waals surface area contributed by atoms with E-state index >= 15 is 0 Å². The first-order valence-corrected chi connectivity index (χ1v) is 7.99. The van der Waals surface area contributed by atoms with Gasteiger partial charge < -0.3 is 9.32 Å². The molecule has 0 aliphatic rings. The van der Waals surface area contributed by atoms with E-state index in [0.717, 1.165) is 28.2 Å². The lowest BCUT2D eigenvalue weighted by atomic mass is 10.1. The van der Waals surface area contributed by atoms with Crippen LogP contribution in [0.5, 0.6) is 0 Å². The third-order valence-electron chi connectivity index (χ3n) is 3.19. The summed E-state index contributed by atoms with van der Waals surface area (Å²) in [5.41, 5.74) is 2.31. The number of nitrogens with zero attached hydrogens (tertiary/aromatic N) is 2. The number of anilines is 1. The second kappa shape index (κ2) is 7.46. The minimum absolute atomic E-state index is 0.737. The Morgan fingerprint density at radius 3 is 2.52 bits per heavy atom. The van der Waals surface area contributed by atoms with E-state index in [1.807, 2.05) is 37.2 Å². The lowest BCUT2D eigenvalue weighted by molar-refractivity contribution is 0.557. The molecule has 2 aromatic rings. The number of hydrogen-bond donors (Lipinski definition) is 0. The molecule has 0 radical (unpaired) electrons. The van der Waals surface area contributed by atoms with Gasteiger partial charge in [0.2, 0.25) is 5.88 Å². The smallest absolute Gasteiger partial charge is 0.210 e. The van der Waals surface area contributed by atoms with Crippen molar-refractivity contribution in [3.63, 3.8) is 0 Å². The van der Waals surface area contributed by atoms with Crippen LogP contribution in [0, 0.1) is 0 Å². The number of benzene rings is 1. The first-order chi connectivity index (χ1) is 10.1. The van der Waals surface area contributed by atoms with E-state index in [2.05, 4.69) is 40.0 Å². The van der Waals surface area contributed by atoms with E-state index in [0.29, 0.717) is 0 Å². The molecule has 0 aliphatic heterocycles. The maximum Gasteiger partial charge on any atom is 0.210 e. The molecule has 0 spiro atoms. The number of hydrogen-bond acceptors (Lipinski definition) is 3.